The van der Waals surface area contributed by atoms with Gasteiger partial charge in [-0.1, -0.05) is 43.4 Å². The van der Waals surface area contributed by atoms with Crippen molar-refractivity contribution in [2.24, 2.45) is 0 Å². The van der Waals surface area contributed by atoms with Crippen molar-refractivity contribution in [2.75, 3.05) is 12.4 Å². The molecule has 0 aliphatic rings. The van der Waals surface area contributed by atoms with Crippen LogP contribution in [0.15, 0.2) is 28.7 Å². The standard InChI is InChI=1S/C18H21N3O3S/c1-4-11(5-2)17-20-21-18(25-17)19-16(22)15-13(10-23-3)12-8-6-7-9-14(12)24-15/h6-9,11H,4-5,10H2,1-3H3,(H,19,21,22). The lowest BCUT2D eigenvalue weighted by molar-refractivity contribution is 0.0992. The van der Waals surface area contributed by atoms with Crippen LogP contribution in [0.4, 0.5) is 5.13 Å². The van der Waals surface area contributed by atoms with Gasteiger partial charge < -0.3 is 9.15 Å². The first-order chi connectivity index (χ1) is 12.2. The summed E-state index contributed by atoms with van der Waals surface area (Å²) in [6.07, 6.45) is 2.00. The van der Waals surface area contributed by atoms with Gasteiger partial charge in [-0.3, -0.25) is 10.1 Å². The van der Waals surface area contributed by atoms with Crippen LogP contribution in [0.3, 0.4) is 0 Å². The fourth-order valence-electron chi connectivity index (χ4n) is 2.81. The van der Waals surface area contributed by atoms with Crippen molar-refractivity contribution in [3.63, 3.8) is 0 Å². The molecule has 0 spiro atoms. The Balaban J connectivity index is 1.86. The molecule has 1 aromatic carbocycles. The Morgan fingerprint density at radius 1 is 1.28 bits per heavy atom. The number of para-hydroxylation sites is 1. The second kappa shape index (κ2) is 7.76. The molecule has 1 N–H and O–H groups in total. The fraction of sp³-hybridized carbons (Fsp3) is 0.389. The summed E-state index contributed by atoms with van der Waals surface area (Å²) in [6, 6.07) is 7.53. The number of aromatic nitrogens is 2. The van der Waals surface area contributed by atoms with E-state index in [2.05, 4.69) is 29.4 Å². The van der Waals surface area contributed by atoms with Crippen LogP contribution in [0, 0.1) is 0 Å². The Morgan fingerprint density at radius 3 is 2.76 bits per heavy atom. The topological polar surface area (TPSA) is 77.3 Å². The summed E-state index contributed by atoms with van der Waals surface area (Å²) in [5.74, 6) is 0.288. The highest BCUT2D eigenvalue weighted by molar-refractivity contribution is 7.15. The van der Waals surface area contributed by atoms with E-state index in [9.17, 15) is 4.79 Å². The number of hydrogen-bond acceptors (Lipinski definition) is 6. The highest BCUT2D eigenvalue weighted by Crippen LogP contribution is 2.30. The van der Waals surface area contributed by atoms with E-state index in [-0.39, 0.29) is 11.7 Å². The highest BCUT2D eigenvalue weighted by atomic mass is 32.1. The zero-order chi connectivity index (χ0) is 17.8. The molecule has 3 aromatic rings. The number of carbonyl (C=O) groups excluding carboxylic acids is 1. The molecule has 0 fully saturated rings. The number of amides is 1. The van der Waals surface area contributed by atoms with Gasteiger partial charge in [0.2, 0.25) is 5.13 Å². The molecule has 0 saturated carbocycles. The average Bonchev–Trinajstić information content (AvgIpc) is 3.22. The predicted molar refractivity (Wildman–Crippen MR) is 98.1 cm³/mol. The maximum absolute atomic E-state index is 12.7. The number of nitrogens with one attached hydrogen (secondary N) is 1. The molecule has 6 nitrogen and oxygen atoms in total. The van der Waals surface area contributed by atoms with Gasteiger partial charge in [0.1, 0.15) is 10.6 Å². The zero-order valence-corrected chi connectivity index (χ0v) is 15.4. The van der Waals surface area contributed by atoms with Gasteiger partial charge in [-0.2, -0.15) is 0 Å². The second-order valence-electron chi connectivity index (χ2n) is 5.75. The van der Waals surface area contributed by atoms with E-state index in [1.54, 1.807) is 7.11 Å². The van der Waals surface area contributed by atoms with Crippen LogP contribution in [0.2, 0.25) is 0 Å². The van der Waals surface area contributed by atoms with Gasteiger partial charge in [0, 0.05) is 24.0 Å². The maximum atomic E-state index is 12.7. The first-order valence-corrected chi connectivity index (χ1v) is 9.13. The molecule has 0 unspecified atom stereocenters. The van der Waals surface area contributed by atoms with E-state index in [0.29, 0.717) is 23.2 Å². The summed E-state index contributed by atoms with van der Waals surface area (Å²) >= 11 is 1.41. The largest absolute Gasteiger partial charge is 0.451 e. The van der Waals surface area contributed by atoms with Crippen LogP contribution in [0.5, 0.6) is 0 Å². The van der Waals surface area contributed by atoms with Crippen molar-refractivity contribution < 1.29 is 13.9 Å². The van der Waals surface area contributed by atoms with E-state index in [1.165, 1.54) is 11.3 Å². The third-order valence-electron chi connectivity index (χ3n) is 4.19. The van der Waals surface area contributed by atoms with Gasteiger partial charge >= 0.3 is 0 Å². The van der Waals surface area contributed by atoms with Gasteiger partial charge in [0.05, 0.1) is 6.61 Å². The normalized spacial score (nSPS) is 11.4. The van der Waals surface area contributed by atoms with E-state index < -0.39 is 0 Å². The molecule has 0 atom stereocenters. The van der Waals surface area contributed by atoms with Gasteiger partial charge in [0.15, 0.2) is 5.76 Å². The first kappa shape index (κ1) is 17.6. The number of carbonyl (C=O) groups is 1. The van der Waals surface area contributed by atoms with Crippen LogP contribution in [-0.4, -0.2) is 23.2 Å². The summed E-state index contributed by atoms with van der Waals surface area (Å²) in [5, 5.41) is 13.4. The van der Waals surface area contributed by atoms with Crippen LogP contribution in [-0.2, 0) is 11.3 Å². The predicted octanol–water partition coefficient (Wildman–Crippen LogP) is 4.59. The fourth-order valence-corrected chi connectivity index (χ4v) is 3.82. The van der Waals surface area contributed by atoms with E-state index >= 15 is 0 Å². The van der Waals surface area contributed by atoms with E-state index in [4.69, 9.17) is 9.15 Å². The molecular formula is C18H21N3O3S. The number of fused-ring (bicyclic) bond motifs is 1. The molecule has 0 aliphatic carbocycles. The highest BCUT2D eigenvalue weighted by Gasteiger charge is 2.22. The van der Waals surface area contributed by atoms with Crippen molar-refractivity contribution in [3.05, 3.63) is 40.6 Å². The molecule has 7 heteroatoms. The van der Waals surface area contributed by atoms with Gasteiger partial charge in [-0.25, -0.2) is 0 Å². The quantitative estimate of drug-likeness (QED) is 0.668. The molecular weight excluding hydrogens is 338 g/mol. The minimum atomic E-state index is -0.338. The Morgan fingerprint density at radius 2 is 2.04 bits per heavy atom. The van der Waals surface area contributed by atoms with Crippen molar-refractivity contribution in [2.45, 2.75) is 39.2 Å². The lowest BCUT2D eigenvalue weighted by Gasteiger charge is -2.05. The van der Waals surface area contributed by atoms with Gasteiger partial charge in [-0.15, -0.1) is 10.2 Å². The lowest BCUT2D eigenvalue weighted by Crippen LogP contribution is -2.13. The van der Waals surface area contributed by atoms with Crippen molar-refractivity contribution in [1.29, 1.82) is 0 Å². The lowest BCUT2D eigenvalue weighted by atomic mass is 10.1. The molecule has 1 amide bonds. The van der Waals surface area contributed by atoms with Gasteiger partial charge in [-0.05, 0) is 18.9 Å². The summed E-state index contributed by atoms with van der Waals surface area (Å²) in [4.78, 5) is 12.7. The number of benzene rings is 1. The summed E-state index contributed by atoms with van der Waals surface area (Å²) < 4.78 is 11.0. The number of furan rings is 1. The second-order valence-corrected chi connectivity index (χ2v) is 6.76. The molecule has 0 radical (unpaired) electrons. The van der Waals surface area contributed by atoms with Crippen LogP contribution in [0.1, 0.15) is 53.7 Å². The zero-order valence-electron chi connectivity index (χ0n) is 14.5. The monoisotopic (exact) mass is 359 g/mol. The minimum absolute atomic E-state index is 0.252. The van der Waals surface area contributed by atoms with Crippen molar-refractivity contribution in [3.8, 4) is 0 Å². The molecule has 0 aliphatic heterocycles. The molecule has 3 rings (SSSR count). The molecule has 2 heterocycles. The minimum Gasteiger partial charge on any atom is -0.451 e. The number of nitrogens with zero attached hydrogens (tertiary/aromatic N) is 2. The number of rotatable bonds is 7. The first-order valence-electron chi connectivity index (χ1n) is 8.32. The Bertz CT molecular complexity index is 867. The van der Waals surface area contributed by atoms with Gasteiger partial charge in [0.25, 0.3) is 5.91 Å². The summed E-state index contributed by atoms with van der Waals surface area (Å²) in [7, 11) is 1.59. The maximum Gasteiger partial charge on any atom is 0.293 e. The summed E-state index contributed by atoms with van der Waals surface area (Å²) in [5.41, 5.74) is 1.40. The number of ether oxygens (including phenoxy) is 1. The van der Waals surface area contributed by atoms with E-state index in [1.807, 2.05) is 24.3 Å². The third-order valence-corrected chi connectivity index (χ3v) is 5.19. The Hall–Kier alpha value is -2.25. The number of methoxy groups -OCH3 is 1. The Kier molecular flexibility index (Phi) is 5.45. The molecule has 132 valence electrons. The number of anilines is 1. The summed E-state index contributed by atoms with van der Waals surface area (Å²) in [6.45, 7) is 4.55. The smallest absolute Gasteiger partial charge is 0.293 e. The molecule has 0 bridgehead atoms. The van der Waals surface area contributed by atoms with Crippen LogP contribution < -0.4 is 5.32 Å². The molecule has 25 heavy (non-hydrogen) atoms. The van der Waals surface area contributed by atoms with Crippen molar-refractivity contribution in [1.82, 2.24) is 10.2 Å². The molecule has 0 saturated heterocycles. The molecule has 2 aromatic heterocycles. The third kappa shape index (κ3) is 3.57. The van der Waals surface area contributed by atoms with Crippen molar-refractivity contribution >= 4 is 33.3 Å². The Labute approximate surface area is 150 Å². The number of hydrogen-bond donors (Lipinski definition) is 1. The average molecular weight is 359 g/mol. The van der Waals surface area contributed by atoms with Crippen LogP contribution in [0.25, 0.3) is 11.0 Å². The van der Waals surface area contributed by atoms with E-state index in [0.717, 1.165) is 28.8 Å². The van der Waals surface area contributed by atoms with Crippen LogP contribution >= 0.6 is 11.3 Å². The SMILES string of the molecule is CCC(CC)c1nnc(NC(=O)c2oc3ccccc3c2COC)s1.